The van der Waals surface area contributed by atoms with Crippen molar-refractivity contribution in [2.24, 2.45) is 0 Å². The van der Waals surface area contributed by atoms with Crippen molar-refractivity contribution in [3.63, 3.8) is 0 Å². The van der Waals surface area contributed by atoms with Crippen LogP contribution in [0, 0.1) is 17.1 Å². The zero-order valence-corrected chi connectivity index (χ0v) is 9.77. The van der Waals surface area contributed by atoms with Crippen LogP contribution in [0.3, 0.4) is 0 Å². The summed E-state index contributed by atoms with van der Waals surface area (Å²) in [6, 6.07) is 6.10. The molecule has 0 aliphatic carbocycles. The SMILES string of the molecule is N#Cc1cc(F)cc(-c2nc(Br)cs2)c1. The molecule has 0 spiro atoms. The average Bonchev–Trinajstić information content (AvgIpc) is 2.64. The molecule has 0 atom stereocenters. The van der Waals surface area contributed by atoms with E-state index in [1.807, 2.05) is 11.4 Å². The molecule has 1 aromatic heterocycles. The van der Waals surface area contributed by atoms with Crippen LogP contribution in [-0.2, 0) is 0 Å². The molecule has 0 fully saturated rings. The van der Waals surface area contributed by atoms with Gasteiger partial charge >= 0.3 is 0 Å². The molecule has 0 N–H and O–H groups in total. The van der Waals surface area contributed by atoms with Crippen LogP contribution in [0.25, 0.3) is 10.6 Å². The fourth-order valence-electron chi connectivity index (χ4n) is 1.16. The quantitative estimate of drug-likeness (QED) is 0.802. The molecule has 2 nitrogen and oxygen atoms in total. The number of halogens is 2. The van der Waals surface area contributed by atoms with Gasteiger partial charge in [0.05, 0.1) is 11.6 Å². The number of rotatable bonds is 1. The zero-order chi connectivity index (χ0) is 10.8. The Morgan fingerprint density at radius 1 is 1.40 bits per heavy atom. The lowest BCUT2D eigenvalue weighted by molar-refractivity contribution is 0.628. The van der Waals surface area contributed by atoms with Crippen LogP contribution >= 0.6 is 27.3 Å². The molecule has 1 heterocycles. The summed E-state index contributed by atoms with van der Waals surface area (Å²) in [7, 11) is 0. The van der Waals surface area contributed by atoms with E-state index < -0.39 is 5.82 Å². The maximum Gasteiger partial charge on any atom is 0.125 e. The Hall–Kier alpha value is -1.25. The average molecular weight is 283 g/mol. The van der Waals surface area contributed by atoms with E-state index in [1.54, 1.807) is 6.07 Å². The molecule has 5 heteroatoms. The van der Waals surface area contributed by atoms with Gasteiger partial charge in [-0.05, 0) is 34.1 Å². The van der Waals surface area contributed by atoms with Crippen LogP contribution < -0.4 is 0 Å². The van der Waals surface area contributed by atoms with Gasteiger partial charge in [-0.2, -0.15) is 5.26 Å². The van der Waals surface area contributed by atoms with Gasteiger partial charge in [-0.15, -0.1) is 11.3 Å². The predicted molar refractivity (Wildman–Crippen MR) is 59.9 cm³/mol. The lowest BCUT2D eigenvalue weighted by atomic mass is 10.1. The summed E-state index contributed by atoms with van der Waals surface area (Å²) < 4.78 is 13.8. The molecule has 0 amide bonds. The zero-order valence-electron chi connectivity index (χ0n) is 7.37. The molecular weight excluding hydrogens is 279 g/mol. The molecule has 0 aliphatic rings. The molecule has 0 aliphatic heterocycles. The Labute approximate surface area is 98.1 Å². The molecule has 0 saturated carbocycles. The summed E-state index contributed by atoms with van der Waals surface area (Å²) >= 11 is 4.62. The standard InChI is InChI=1S/C10H4BrFN2S/c11-9-5-15-10(14-9)7-1-6(4-13)2-8(12)3-7/h1-3,5H. The molecule has 74 valence electrons. The minimum Gasteiger partial charge on any atom is -0.229 e. The maximum absolute atomic E-state index is 13.1. The first-order valence-electron chi connectivity index (χ1n) is 4.01. The maximum atomic E-state index is 13.1. The van der Waals surface area contributed by atoms with E-state index in [0.29, 0.717) is 20.7 Å². The van der Waals surface area contributed by atoms with Gasteiger partial charge in [-0.1, -0.05) is 0 Å². The number of benzene rings is 1. The van der Waals surface area contributed by atoms with Crippen molar-refractivity contribution in [2.75, 3.05) is 0 Å². The monoisotopic (exact) mass is 282 g/mol. The first kappa shape index (κ1) is 10.3. The van der Waals surface area contributed by atoms with Crippen LogP contribution in [-0.4, -0.2) is 4.98 Å². The number of nitriles is 1. The van der Waals surface area contributed by atoms with E-state index in [1.165, 1.54) is 23.5 Å². The fourth-order valence-corrected chi connectivity index (χ4v) is 2.41. The van der Waals surface area contributed by atoms with Crippen LogP contribution in [0.2, 0.25) is 0 Å². The van der Waals surface area contributed by atoms with Crippen molar-refractivity contribution in [3.05, 3.63) is 39.6 Å². The van der Waals surface area contributed by atoms with Crippen molar-refractivity contribution in [1.82, 2.24) is 4.98 Å². The van der Waals surface area contributed by atoms with Gasteiger partial charge in [-0.3, -0.25) is 0 Å². The number of aromatic nitrogens is 1. The van der Waals surface area contributed by atoms with Gasteiger partial charge in [0.2, 0.25) is 0 Å². The fraction of sp³-hybridized carbons (Fsp3) is 0. The summed E-state index contributed by atoms with van der Waals surface area (Å²) in [5.41, 5.74) is 0.929. The number of hydrogen-bond donors (Lipinski definition) is 0. The van der Waals surface area contributed by atoms with E-state index in [4.69, 9.17) is 5.26 Å². The minimum absolute atomic E-state index is 0.302. The van der Waals surface area contributed by atoms with Crippen molar-refractivity contribution >= 4 is 27.3 Å². The largest absolute Gasteiger partial charge is 0.229 e. The molecule has 2 aromatic rings. The molecule has 0 bridgehead atoms. The van der Waals surface area contributed by atoms with E-state index >= 15 is 0 Å². The highest BCUT2D eigenvalue weighted by atomic mass is 79.9. The minimum atomic E-state index is -0.421. The summed E-state index contributed by atoms with van der Waals surface area (Å²) in [6.45, 7) is 0. The third-order valence-corrected chi connectivity index (χ3v) is 3.35. The normalized spacial score (nSPS) is 9.93. The van der Waals surface area contributed by atoms with Gasteiger partial charge in [0.15, 0.2) is 0 Å². The Bertz CT molecular complexity index is 545. The van der Waals surface area contributed by atoms with Crippen molar-refractivity contribution in [2.45, 2.75) is 0 Å². The number of thiazole rings is 1. The highest BCUT2D eigenvalue weighted by Gasteiger charge is 2.06. The van der Waals surface area contributed by atoms with Crippen molar-refractivity contribution in [1.29, 1.82) is 5.26 Å². The Kier molecular flexibility index (Phi) is 2.80. The second kappa shape index (κ2) is 4.09. The third kappa shape index (κ3) is 2.22. The molecule has 0 saturated heterocycles. The van der Waals surface area contributed by atoms with Gasteiger partial charge in [0.25, 0.3) is 0 Å². The van der Waals surface area contributed by atoms with E-state index in [9.17, 15) is 4.39 Å². The summed E-state index contributed by atoms with van der Waals surface area (Å²) in [5, 5.41) is 11.2. The van der Waals surface area contributed by atoms with Gasteiger partial charge in [0.1, 0.15) is 15.4 Å². The van der Waals surface area contributed by atoms with E-state index in [0.717, 1.165) is 0 Å². The van der Waals surface area contributed by atoms with Crippen molar-refractivity contribution < 1.29 is 4.39 Å². The lowest BCUT2D eigenvalue weighted by Crippen LogP contribution is -1.83. The highest BCUT2D eigenvalue weighted by molar-refractivity contribution is 9.10. The topological polar surface area (TPSA) is 36.7 Å². The van der Waals surface area contributed by atoms with Crippen LogP contribution in [0.1, 0.15) is 5.56 Å². The van der Waals surface area contributed by atoms with Crippen molar-refractivity contribution in [3.8, 4) is 16.6 Å². The molecule has 15 heavy (non-hydrogen) atoms. The first-order valence-corrected chi connectivity index (χ1v) is 5.68. The Morgan fingerprint density at radius 3 is 2.80 bits per heavy atom. The molecular formula is C10H4BrFN2S. The van der Waals surface area contributed by atoms with Gasteiger partial charge in [-0.25, -0.2) is 9.37 Å². The molecule has 0 unspecified atom stereocenters. The Balaban J connectivity index is 2.54. The summed E-state index contributed by atoms with van der Waals surface area (Å²) in [6.07, 6.45) is 0. The number of nitrogens with zero attached hydrogens (tertiary/aromatic N) is 2. The molecule has 0 radical (unpaired) electrons. The third-order valence-electron chi connectivity index (χ3n) is 1.75. The second-order valence-electron chi connectivity index (χ2n) is 2.82. The predicted octanol–water partition coefficient (Wildman–Crippen LogP) is 3.58. The number of hydrogen-bond acceptors (Lipinski definition) is 3. The van der Waals surface area contributed by atoms with Gasteiger partial charge in [0, 0.05) is 10.9 Å². The smallest absolute Gasteiger partial charge is 0.125 e. The first-order chi connectivity index (χ1) is 7.19. The second-order valence-corrected chi connectivity index (χ2v) is 4.49. The van der Waals surface area contributed by atoms with Crippen LogP contribution in [0.4, 0.5) is 4.39 Å². The van der Waals surface area contributed by atoms with Crippen LogP contribution in [0.5, 0.6) is 0 Å². The van der Waals surface area contributed by atoms with E-state index in [-0.39, 0.29) is 0 Å². The lowest BCUT2D eigenvalue weighted by Gasteiger charge is -1.97. The van der Waals surface area contributed by atoms with Crippen LogP contribution in [0.15, 0.2) is 28.2 Å². The molecule has 2 rings (SSSR count). The van der Waals surface area contributed by atoms with E-state index in [2.05, 4.69) is 20.9 Å². The Morgan fingerprint density at radius 2 is 2.20 bits per heavy atom. The molecule has 1 aromatic carbocycles. The summed E-state index contributed by atoms with van der Waals surface area (Å²) in [4.78, 5) is 4.16. The van der Waals surface area contributed by atoms with Gasteiger partial charge < -0.3 is 0 Å². The summed E-state index contributed by atoms with van der Waals surface area (Å²) in [5.74, 6) is -0.421. The highest BCUT2D eigenvalue weighted by Crippen LogP contribution is 2.27.